The molecule has 6 heteroatoms. The lowest BCUT2D eigenvalue weighted by molar-refractivity contribution is 0.0698. The minimum absolute atomic E-state index is 0.0126. The van der Waals surface area contributed by atoms with Gasteiger partial charge >= 0.3 is 5.97 Å². The Morgan fingerprint density at radius 2 is 2.06 bits per heavy atom. The number of aromatic carboxylic acids is 1. The van der Waals surface area contributed by atoms with Crippen LogP contribution < -0.4 is 5.73 Å². The molecule has 0 aliphatic heterocycles. The fraction of sp³-hybridized carbons (Fsp3) is 0. The standard InChI is InChI=1S/C12H8F2N2O2/c13-8-3-1-2-6(11(8)14)10-4-7(12(17)18)9(15)5-16-10/h1-5H,15H2,(H,17,18). The van der Waals surface area contributed by atoms with Crippen LogP contribution >= 0.6 is 0 Å². The van der Waals surface area contributed by atoms with Crippen molar-refractivity contribution in [2.45, 2.75) is 0 Å². The number of nitrogens with zero attached hydrogens (tertiary/aromatic N) is 1. The van der Waals surface area contributed by atoms with Crippen molar-refractivity contribution in [1.82, 2.24) is 4.98 Å². The van der Waals surface area contributed by atoms with E-state index in [9.17, 15) is 13.6 Å². The maximum atomic E-state index is 13.5. The summed E-state index contributed by atoms with van der Waals surface area (Å²) in [6, 6.07) is 4.69. The highest BCUT2D eigenvalue weighted by Crippen LogP contribution is 2.25. The monoisotopic (exact) mass is 250 g/mol. The summed E-state index contributed by atoms with van der Waals surface area (Å²) >= 11 is 0. The predicted molar refractivity (Wildman–Crippen MR) is 61.0 cm³/mol. The number of aromatic nitrogens is 1. The van der Waals surface area contributed by atoms with Gasteiger partial charge in [-0.15, -0.1) is 0 Å². The van der Waals surface area contributed by atoms with Gasteiger partial charge in [0.1, 0.15) is 0 Å². The van der Waals surface area contributed by atoms with Crippen molar-refractivity contribution < 1.29 is 18.7 Å². The average Bonchev–Trinajstić information content (AvgIpc) is 2.33. The summed E-state index contributed by atoms with van der Waals surface area (Å²) in [5.41, 5.74) is 5.08. The fourth-order valence-electron chi connectivity index (χ4n) is 1.50. The highest BCUT2D eigenvalue weighted by molar-refractivity contribution is 5.94. The molecule has 3 N–H and O–H groups in total. The first-order chi connectivity index (χ1) is 8.50. The Bertz CT molecular complexity index is 629. The molecule has 0 aliphatic carbocycles. The van der Waals surface area contributed by atoms with E-state index in [2.05, 4.69) is 4.98 Å². The molecule has 1 aromatic heterocycles. The van der Waals surface area contributed by atoms with Gasteiger partial charge in [-0.3, -0.25) is 4.98 Å². The van der Waals surface area contributed by atoms with Crippen LogP contribution in [-0.4, -0.2) is 16.1 Å². The number of rotatable bonds is 2. The van der Waals surface area contributed by atoms with Gasteiger partial charge in [-0.05, 0) is 18.2 Å². The quantitative estimate of drug-likeness (QED) is 0.857. The van der Waals surface area contributed by atoms with Crippen LogP contribution in [-0.2, 0) is 0 Å². The first-order valence-corrected chi connectivity index (χ1v) is 4.94. The molecule has 2 aromatic rings. The zero-order chi connectivity index (χ0) is 13.3. The molecule has 0 spiro atoms. The van der Waals surface area contributed by atoms with E-state index in [-0.39, 0.29) is 22.5 Å². The predicted octanol–water partition coefficient (Wildman–Crippen LogP) is 2.31. The van der Waals surface area contributed by atoms with Crippen LogP contribution in [0.5, 0.6) is 0 Å². The molecular weight excluding hydrogens is 242 g/mol. The second kappa shape index (κ2) is 4.40. The molecule has 0 amide bonds. The van der Waals surface area contributed by atoms with Gasteiger partial charge in [-0.1, -0.05) is 6.07 Å². The molecule has 18 heavy (non-hydrogen) atoms. The van der Waals surface area contributed by atoms with Crippen LogP contribution in [0.4, 0.5) is 14.5 Å². The molecule has 1 aromatic carbocycles. The average molecular weight is 250 g/mol. The van der Waals surface area contributed by atoms with Crippen LogP contribution in [0.3, 0.4) is 0 Å². The van der Waals surface area contributed by atoms with E-state index < -0.39 is 17.6 Å². The molecule has 1 heterocycles. The van der Waals surface area contributed by atoms with E-state index in [0.717, 1.165) is 18.3 Å². The highest BCUT2D eigenvalue weighted by Gasteiger charge is 2.15. The van der Waals surface area contributed by atoms with Crippen LogP contribution in [0.15, 0.2) is 30.5 Å². The third-order valence-corrected chi connectivity index (χ3v) is 2.39. The Labute approximate surface area is 101 Å². The van der Waals surface area contributed by atoms with E-state index >= 15 is 0 Å². The Morgan fingerprint density at radius 1 is 1.33 bits per heavy atom. The Morgan fingerprint density at radius 3 is 2.72 bits per heavy atom. The zero-order valence-corrected chi connectivity index (χ0v) is 9.02. The topological polar surface area (TPSA) is 76.2 Å². The Kier molecular flexibility index (Phi) is 2.93. The lowest BCUT2D eigenvalue weighted by Gasteiger charge is -2.06. The molecule has 0 unspecified atom stereocenters. The zero-order valence-electron chi connectivity index (χ0n) is 9.02. The maximum absolute atomic E-state index is 13.5. The van der Waals surface area contributed by atoms with Gasteiger partial charge in [-0.25, -0.2) is 13.6 Å². The normalized spacial score (nSPS) is 10.3. The summed E-state index contributed by atoms with van der Waals surface area (Å²) in [5.74, 6) is -3.36. The SMILES string of the molecule is Nc1cnc(-c2cccc(F)c2F)cc1C(=O)O. The highest BCUT2D eigenvalue weighted by atomic mass is 19.2. The number of pyridine rings is 1. The van der Waals surface area contributed by atoms with Gasteiger partial charge in [0, 0.05) is 5.56 Å². The molecule has 92 valence electrons. The second-order valence-electron chi connectivity index (χ2n) is 3.56. The number of carboxylic acid groups (broad SMARTS) is 1. The van der Waals surface area contributed by atoms with Crippen molar-refractivity contribution in [1.29, 1.82) is 0 Å². The van der Waals surface area contributed by atoms with Crippen molar-refractivity contribution >= 4 is 11.7 Å². The number of nitrogens with two attached hydrogens (primary N) is 1. The van der Waals surface area contributed by atoms with Crippen molar-refractivity contribution in [3.8, 4) is 11.3 Å². The number of nitrogen functional groups attached to an aromatic ring is 1. The fourth-order valence-corrected chi connectivity index (χ4v) is 1.50. The number of halogens is 2. The molecule has 2 rings (SSSR count). The molecule has 0 bridgehead atoms. The molecule has 0 fully saturated rings. The van der Waals surface area contributed by atoms with Crippen molar-refractivity contribution in [2.24, 2.45) is 0 Å². The maximum Gasteiger partial charge on any atom is 0.337 e. The lowest BCUT2D eigenvalue weighted by atomic mass is 10.1. The first kappa shape index (κ1) is 12.0. The first-order valence-electron chi connectivity index (χ1n) is 4.94. The molecule has 0 saturated heterocycles. The van der Waals surface area contributed by atoms with E-state index in [1.807, 2.05) is 0 Å². The van der Waals surface area contributed by atoms with Crippen molar-refractivity contribution in [2.75, 3.05) is 5.73 Å². The number of anilines is 1. The minimum Gasteiger partial charge on any atom is -0.478 e. The van der Waals surface area contributed by atoms with Crippen LogP contribution in [0.25, 0.3) is 11.3 Å². The number of carbonyl (C=O) groups is 1. The third kappa shape index (κ3) is 2.00. The second-order valence-corrected chi connectivity index (χ2v) is 3.56. The smallest absolute Gasteiger partial charge is 0.337 e. The Hall–Kier alpha value is -2.50. The largest absolute Gasteiger partial charge is 0.478 e. The molecular formula is C12H8F2N2O2. The summed E-state index contributed by atoms with van der Waals surface area (Å²) in [6.07, 6.45) is 1.10. The molecule has 0 atom stereocenters. The van der Waals surface area contributed by atoms with E-state index in [1.54, 1.807) is 0 Å². The van der Waals surface area contributed by atoms with Gasteiger partial charge in [0.25, 0.3) is 0 Å². The molecule has 4 nitrogen and oxygen atoms in total. The number of carboxylic acids is 1. The number of benzene rings is 1. The summed E-state index contributed by atoms with van der Waals surface area (Å²) in [7, 11) is 0. The summed E-state index contributed by atoms with van der Waals surface area (Å²) in [4.78, 5) is 14.7. The van der Waals surface area contributed by atoms with E-state index in [4.69, 9.17) is 10.8 Å². The van der Waals surface area contributed by atoms with Crippen LogP contribution in [0, 0.1) is 11.6 Å². The number of hydrogen-bond donors (Lipinski definition) is 2. The lowest BCUT2D eigenvalue weighted by Crippen LogP contribution is -2.04. The van der Waals surface area contributed by atoms with Crippen LogP contribution in [0.2, 0.25) is 0 Å². The third-order valence-electron chi connectivity index (χ3n) is 2.39. The Balaban J connectivity index is 2.62. The van der Waals surface area contributed by atoms with Crippen molar-refractivity contribution in [3.63, 3.8) is 0 Å². The summed E-state index contributed by atoms with van der Waals surface area (Å²) in [6.45, 7) is 0. The summed E-state index contributed by atoms with van der Waals surface area (Å²) in [5, 5.41) is 8.89. The molecule has 0 radical (unpaired) electrons. The van der Waals surface area contributed by atoms with Gasteiger partial charge in [0.05, 0.1) is 23.1 Å². The van der Waals surface area contributed by atoms with Gasteiger partial charge < -0.3 is 10.8 Å². The van der Waals surface area contributed by atoms with Crippen molar-refractivity contribution in [3.05, 3.63) is 47.7 Å². The van der Waals surface area contributed by atoms with Gasteiger partial charge in [-0.2, -0.15) is 0 Å². The van der Waals surface area contributed by atoms with Crippen LogP contribution in [0.1, 0.15) is 10.4 Å². The van der Waals surface area contributed by atoms with Gasteiger partial charge in [0.2, 0.25) is 0 Å². The van der Waals surface area contributed by atoms with Gasteiger partial charge in [0.15, 0.2) is 11.6 Å². The van der Waals surface area contributed by atoms with E-state index in [1.165, 1.54) is 12.1 Å². The molecule has 0 aliphatic rings. The summed E-state index contributed by atoms with van der Waals surface area (Å²) < 4.78 is 26.6. The minimum atomic E-state index is -1.26. The van der Waals surface area contributed by atoms with E-state index in [0.29, 0.717) is 0 Å². The number of hydrogen-bond acceptors (Lipinski definition) is 3. The molecule has 0 saturated carbocycles.